The molecule has 0 saturated carbocycles. The van der Waals surface area contributed by atoms with E-state index in [1.807, 2.05) is 0 Å². The fourth-order valence-electron chi connectivity index (χ4n) is 1.07. The molecule has 0 radical (unpaired) electrons. The third kappa shape index (κ3) is 2.78. The van der Waals surface area contributed by atoms with E-state index < -0.39 is 18.3 Å². The van der Waals surface area contributed by atoms with Crippen molar-refractivity contribution in [3.05, 3.63) is 0 Å². The molecule has 1 rings (SSSR count). The van der Waals surface area contributed by atoms with E-state index in [-0.39, 0.29) is 18.7 Å². The summed E-state index contributed by atoms with van der Waals surface area (Å²) in [5.74, 6) is -0.396. The highest BCUT2D eigenvalue weighted by molar-refractivity contribution is 5.91. The van der Waals surface area contributed by atoms with Gasteiger partial charge in [-0.2, -0.15) is 0 Å². The second kappa shape index (κ2) is 4.34. The number of ketones is 1. The third-order valence-corrected chi connectivity index (χ3v) is 1.88. The van der Waals surface area contributed by atoms with E-state index >= 15 is 0 Å². The van der Waals surface area contributed by atoms with Gasteiger partial charge < -0.3 is 9.47 Å². The SMILES string of the molecule is COC(C)OC(=O)C1CC(=O)CN1. The number of methoxy groups -OCH3 is 1. The zero-order valence-electron chi connectivity index (χ0n) is 7.70. The van der Waals surface area contributed by atoms with Gasteiger partial charge in [0.25, 0.3) is 0 Å². The van der Waals surface area contributed by atoms with Crippen LogP contribution in [0.1, 0.15) is 13.3 Å². The standard InChI is InChI=1S/C8H13NO4/c1-5(12-2)13-8(11)7-3-6(10)4-9-7/h5,7,9H,3-4H2,1-2H3. The monoisotopic (exact) mass is 187 g/mol. The van der Waals surface area contributed by atoms with Crippen LogP contribution in [0.3, 0.4) is 0 Å². The Balaban J connectivity index is 2.35. The molecule has 0 amide bonds. The molecule has 0 aromatic rings. The lowest BCUT2D eigenvalue weighted by Crippen LogP contribution is -2.34. The van der Waals surface area contributed by atoms with Gasteiger partial charge in [-0.15, -0.1) is 0 Å². The minimum atomic E-state index is -0.565. The molecule has 1 heterocycles. The molecule has 0 spiro atoms. The van der Waals surface area contributed by atoms with Crippen molar-refractivity contribution in [1.82, 2.24) is 5.32 Å². The van der Waals surface area contributed by atoms with Crippen LogP contribution in [0.2, 0.25) is 0 Å². The number of Topliss-reactive ketones (excluding diaryl/α,β-unsaturated/α-hetero) is 1. The van der Waals surface area contributed by atoms with Crippen LogP contribution < -0.4 is 5.32 Å². The minimum Gasteiger partial charge on any atom is -0.435 e. The number of hydrogen-bond donors (Lipinski definition) is 1. The van der Waals surface area contributed by atoms with Crippen molar-refractivity contribution >= 4 is 11.8 Å². The van der Waals surface area contributed by atoms with E-state index in [4.69, 9.17) is 9.47 Å². The Labute approximate surface area is 76.4 Å². The zero-order valence-corrected chi connectivity index (χ0v) is 7.70. The lowest BCUT2D eigenvalue weighted by molar-refractivity contribution is -0.172. The van der Waals surface area contributed by atoms with Gasteiger partial charge in [0.2, 0.25) is 0 Å². The molecule has 0 aromatic heterocycles. The molecule has 1 aliphatic rings. The molecule has 5 nitrogen and oxygen atoms in total. The summed E-state index contributed by atoms with van der Waals surface area (Å²) in [6.45, 7) is 1.87. The van der Waals surface area contributed by atoms with Crippen molar-refractivity contribution in [2.75, 3.05) is 13.7 Å². The van der Waals surface area contributed by atoms with Crippen molar-refractivity contribution in [2.24, 2.45) is 0 Å². The van der Waals surface area contributed by atoms with Crippen LogP contribution in [0, 0.1) is 0 Å². The highest BCUT2D eigenvalue weighted by Crippen LogP contribution is 2.05. The third-order valence-electron chi connectivity index (χ3n) is 1.88. The van der Waals surface area contributed by atoms with Gasteiger partial charge >= 0.3 is 5.97 Å². The predicted molar refractivity (Wildman–Crippen MR) is 44.0 cm³/mol. The average Bonchev–Trinajstić information content (AvgIpc) is 2.51. The molecule has 0 bridgehead atoms. The molecular formula is C8H13NO4. The molecule has 5 heteroatoms. The first-order valence-corrected chi connectivity index (χ1v) is 4.12. The molecule has 1 fully saturated rings. The summed E-state index contributed by atoms with van der Waals surface area (Å²) in [7, 11) is 1.45. The number of carbonyl (C=O) groups is 2. The van der Waals surface area contributed by atoms with Crippen LogP contribution in [0.25, 0.3) is 0 Å². The predicted octanol–water partition coefficient (Wildman–Crippen LogP) is -0.547. The van der Waals surface area contributed by atoms with E-state index in [1.165, 1.54) is 7.11 Å². The van der Waals surface area contributed by atoms with E-state index in [0.29, 0.717) is 0 Å². The summed E-state index contributed by atoms with van der Waals surface area (Å²) in [5.41, 5.74) is 0. The van der Waals surface area contributed by atoms with Crippen LogP contribution in [-0.4, -0.2) is 37.7 Å². The normalized spacial score (nSPS) is 24.5. The maximum atomic E-state index is 11.2. The van der Waals surface area contributed by atoms with Crippen molar-refractivity contribution in [1.29, 1.82) is 0 Å². The molecule has 74 valence electrons. The Kier molecular flexibility index (Phi) is 3.39. The number of nitrogens with one attached hydrogen (secondary N) is 1. The highest BCUT2D eigenvalue weighted by Gasteiger charge is 2.29. The Morgan fingerprint density at radius 2 is 2.38 bits per heavy atom. The average molecular weight is 187 g/mol. The molecule has 1 aliphatic heterocycles. The van der Waals surface area contributed by atoms with Crippen LogP contribution >= 0.6 is 0 Å². The maximum absolute atomic E-state index is 11.2. The molecule has 0 aliphatic carbocycles. The van der Waals surface area contributed by atoms with Gasteiger partial charge in [0.05, 0.1) is 6.54 Å². The van der Waals surface area contributed by atoms with Gasteiger partial charge in [0.15, 0.2) is 6.29 Å². The van der Waals surface area contributed by atoms with Gasteiger partial charge in [-0.05, 0) is 6.92 Å². The van der Waals surface area contributed by atoms with Crippen LogP contribution in [0.5, 0.6) is 0 Å². The van der Waals surface area contributed by atoms with Crippen molar-refractivity contribution in [3.8, 4) is 0 Å². The molecule has 13 heavy (non-hydrogen) atoms. The first-order chi connectivity index (χ1) is 6.13. The maximum Gasteiger partial charge on any atom is 0.325 e. The van der Waals surface area contributed by atoms with Gasteiger partial charge in [-0.3, -0.25) is 14.9 Å². The van der Waals surface area contributed by atoms with Gasteiger partial charge in [0, 0.05) is 13.5 Å². The number of carbonyl (C=O) groups excluding carboxylic acids is 2. The van der Waals surface area contributed by atoms with Gasteiger partial charge in [-0.1, -0.05) is 0 Å². The second-order valence-corrected chi connectivity index (χ2v) is 2.92. The number of esters is 1. The topological polar surface area (TPSA) is 64.6 Å². The van der Waals surface area contributed by atoms with Crippen LogP contribution in [0.4, 0.5) is 0 Å². The Hall–Kier alpha value is -0.940. The lowest BCUT2D eigenvalue weighted by Gasteiger charge is -2.14. The number of rotatable bonds is 3. The number of hydrogen-bond acceptors (Lipinski definition) is 5. The molecule has 2 unspecified atom stereocenters. The van der Waals surface area contributed by atoms with E-state index in [0.717, 1.165) is 0 Å². The largest absolute Gasteiger partial charge is 0.435 e. The first kappa shape index (κ1) is 10.1. The van der Waals surface area contributed by atoms with E-state index in [9.17, 15) is 9.59 Å². The van der Waals surface area contributed by atoms with Crippen LogP contribution in [0.15, 0.2) is 0 Å². The fraction of sp³-hybridized carbons (Fsp3) is 0.750. The summed E-state index contributed by atoms with van der Waals surface area (Å²) in [5, 5.41) is 2.76. The van der Waals surface area contributed by atoms with Crippen molar-refractivity contribution < 1.29 is 19.1 Å². The summed E-state index contributed by atoms with van der Waals surface area (Å²) >= 11 is 0. The van der Waals surface area contributed by atoms with Crippen molar-refractivity contribution in [3.63, 3.8) is 0 Å². The minimum absolute atomic E-state index is 0.0343. The fourth-order valence-corrected chi connectivity index (χ4v) is 1.07. The van der Waals surface area contributed by atoms with E-state index in [2.05, 4.69) is 5.32 Å². The summed E-state index contributed by atoms with van der Waals surface area (Å²) < 4.78 is 9.61. The Morgan fingerprint density at radius 1 is 1.69 bits per heavy atom. The van der Waals surface area contributed by atoms with Crippen molar-refractivity contribution in [2.45, 2.75) is 25.7 Å². The lowest BCUT2D eigenvalue weighted by atomic mass is 10.2. The summed E-state index contributed by atoms with van der Waals surface area (Å²) in [6, 6.07) is -0.495. The van der Waals surface area contributed by atoms with Gasteiger partial charge in [-0.25, -0.2) is 0 Å². The molecule has 1 saturated heterocycles. The number of ether oxygens (including phenoxy) is 2. The highest BCUT2D eigenvalue weighted by atomic mass is 16.7. The second-order valence-electron chi connectivity index (χ2n) is 2.92. The summed E-state index contributed by atoms with van der Waals surface area (Å²) in [4.78, 5) is 22.1. The molecule has 1 N–H and O–H groups in total. The van der Waals surface area contributed by atoms with E-state index in [1.54, 1.807) is 6.92 Å². The first-order valence-electron chi connectivity index (χ1n) is 4.12. The zero-order chi connectivity index (χ0) is 9.84. The summed E-state index contributed by atoms with van der Waals surface area (Å²) in [6.07, 6.45) is -0.347. The molecular weight excluding hydrogens is 174 g/mol. The quantitative estimate of drug-likeness (QED) is 0.474. The molecule has 2 atom stereocenters. The molecule has 0 aromatic carbocycles. The van der Waals surface area contributed by atoms with Gasteiger partial charge in [0.1, 0.15) is 11.8 Å². The Bertz CT molecular complexity index is 216. The Morgan fingerprint density at radius 3 is 2.85 bits per heavy atom. The smallest absolute Gasteiger partial charge is 0.325 e. The van der Waals surface area contributed by atoms with Crippen LogP contribution in [-0.2, 0) is 19.1 Å².